The van der Waals surface area contributed by atoms with Gasteiger partial charge < -0.3 is 4.90 Å². The molecule has 106 valence electrons. The number of nitrogens with zero attached hydrogens (tertiary/aromatic N) is 2. The standard InChI is InChI=1S/C15H24N2OS/c1-12(13-6-5-11-19-13)16-7-9-17(10-8-16)14(18)15(2,3)4/h5-6,11-12H,7-10H2,1-4H3. The SMILES string of the molecule is CC(c1cccs1)N1CCN(C(=O)C(C)(C)C)CC1. The van der Waals surface area contributed by atoms with E-state index in [4.69, 9.17) is 0 Å². The summed E-state index contributed by atoms with van der Waals surface area (Å²) < 4.78 is 0. The number of carbonyl (C=O) groups excluding carboxylic acids is 1. The lowest BCUT2D eigenvalue weighted by Gasteiger charge is -2.39. The van der Waals surface area contributed by atoms with Crippen molar-refractivity contribution in [2.75, 3.05) is 26.2 Å². The lowest BCUT2D eigenvalue weighted by molar-refractivity contribution is -0.141. The van der Waals surface area contributed by atoms with Gasteiger partial charge in [-0.05, 0) is 18.4 Å². The molecule has 1 fully saturated rings. The molecule has 1 aromatic heterocycles. The summed E-state index contributed by atoms with van der Waals surface area (Å²) in [6.45, 7) is 11.9. The molecular formula is C15H24N2OS. The lowest BCUT2D eigenvalue weighted by atomic mass is 9.94. The van der Waals surface area contributed by atoms with Crippen LogP contribution in [0.5, 0.6) is 0 Å². The smallest absolute Gasteiger partial charge is 0.228 e. The fraction of sp³-hybridized carbons (Fsp3) is 0.667. The van der Waals surface area contributed by atoms with Gasteiger partial charge in [0.2, 0.25) is 5.91 Å². The number of rotatable bonds is 2. The van der Waals surface area contributed by atoms with Gasteiger partial charge in [-0.3, -0.25) is 9.69 Å². The van der Waals surface area contributed by atoms with E-state index in [0.717, 1.165) is 26.2 Å². The zero-order valence-electron chi connectivity index (χ0n) is 12.3. The molecule has 1 saturated heterocycles. The van der Waals surface area contributed by atoms with E-state index in [1.165, 1.54) is 4.88 Å². The molecule has 1 aliphatic rings. The van der Waals surface area contributed by atoms with E-state index in [-0.39, 0.29) is 11.3 Å². The first-order valence-corrected chi connectivity index (χ1v) is 7.84. The number of piperazine rings is 1. The summed E-state index contributed by atoms with van der Waals surface area (Å²) in [6.07, 6.45) is 0. The highest BCUT2D eigenvalue weighted by Crippen LogP contribution is 2.26. The lowest BCUT2D eigenvalue weighted by Crippen LogP contribution is -2.51. The number of thiophene rings is 1. The third kappa shape index (κ3) is 3.37. The first kappa shape index (κ1) is 14.5. The van der Waals surface area contributed by atoms with Gasteiger partial charge in [0, 0.05) is 42.5 Å². The molecule has 0 aromatic carbocycles. The Hall–Kier alpha value is -0.870. The molecule has 1 unspecified atom stereocenters. The van der Waals surface area contributed by atoms with Gasteiger partial charge in [-0.1, -0.05) is 26.8 Å². The highest BCUT2D eigenvalue weighted by atomic mass is 32.1. The van der Waals surface area contributed by atoms with E-state index in [2.05, 4.69) is 29.3 Å². The fourth-order valence-corrected chi connectivity index (χ4v) is 3.31. The minimum absolute atomic E-state index is 0.262. The van der Waals surface area contributed by atoms with Crippen molar-refractivity contribution in [3.05, 3.63) is 22.4 Å². The Labute approximate surface area is 120 Å². The van der Waals surface area contributed by atoms with Gasteiger partial charge >= 0.3 is 0 Å². The van der Waals surface area contributed by atoms with Gasteiger partial charge in [-0.15, -0.1) is 11.3 Å². The van der Waals surface area contributed by atoms with Crippen LogP contribution >= 0.6 is 11.3 Å². The zero-order valence-corrected chi connectivity index (χ0v) is 13.2. The molecule has 3 nitrogen and oxygen atoms in total. The van der Waals surface area contributed by atoms with Crippen LogP contribution in [0.4, 0.5) is 0 Å². The highest BCUT2D eigenvalue weighted by Gasteiger charge is 2.30. The topological polar surface area (TPSA) is 23.6 Å². The summed E-state index contributed by atoms with van der Waals surface area (Å²) in [4.78, 5) is 18.1. The van der Waals surface area contributed by atoms with Crippen LogP contribution in [0.1, 0.15) is 38.6 Å². The second kappa shape index (κ2) is 5.63. The summed E-state index contributed by atoms with van der Waals surface area (Å²) in [7, 11) is 0. The molecule has 0 aliphatic carbocycles. The molecule has 0 N–H and O–H groups in total. The molecule has 0 saturated carbocycles. The maximum atomic E-state index is 12.2. The molecule has 0 bridgehead atoms. The largest absolute Gasteiger partial charge is 0.340 e. The minimum atomic E-state index is -0.262. The van der Waals surface area contributed by atoms with Gasteiger partial charge in [-0.25, -0.2) is 0 Å². The fourth-order valence-electron chi connectivity index (χ4n) is 2.50. The Bertz CT molecular complexity index is 414. The van der Waals surface area contributed by atoms with Crippen molar-refractivity contribution in [3.63, 3.8) is 0 Å². The number of carbonyl (C=O) groups is 1. The first-order chi connectivity index (χ1) is 8.89. The van der Waals surface area contributed by atoms with Crippen molar-refractivity contribution in [3.8, 4) is 0 Å². The normalized spacial score (nSPS) is 19.5. The summed E-state index contributed by atoms with van der Waals surface area (Å²) in [5, 5.41) is 2.13. The molecule has 0 spiro atoms. The second-order valence-electron chi connectivity index (χ2n) is 6.27. The van der Waals surface area contributed by atoms with Crippen molar-refractivity contribution in [2.24, 2.45) is 5.41 Å². The number of hydrogen-bond donors (Lipinski definition) is 0. The molecule has 2 rings (SSSR count). The quantitative estimate of drug-likeness (QED) is 0.831. The average molecular weight is 280 g/mol. The Morgan fingerprint density at radius 3 is 2.37 bits per heavy atom. The van der Waals surface area contributed by atoms with Gasteiger partial charge in [0.1, 0.15) is 0 Å². The summed E-state index contributed by atoms with van der Waals surface area (Å²) >= 11 is 1.81. The van der Waals surface area contributed by atoms with Gasteiger partial charge in [0.05, 0.1) is 0 Å². The number of amides is 1. The maximum Gasteiger partial charge on any atom is 0.228 e. The van der Waals surface area contributed by atoms with Crippen LogP contribution in [0.25, 0.3) is 0 Å². The summed E-state index contributed by atoms with van der Waals surface area (Å²) in [5.74, 6) is 0.274. The molecule has 0 radical (unpaired) electrons. The Kier molecular flexibility index (Phi) is 4.31. The van der Waals surface area contributed by atoms with Crippen molar-refractivity contribution in [1.82, 2.24) is 9.80 Å². The second-order valence-corrected chi connectivity index (χ2v) is 7.25. The van der Waals surface area contributed by atoms with Crippen molar-refractivity contribution in [1.29, 1.82) is 0 Å². The van der Waals surface area contributed by atoms with E-state index < -0.39 is 0 Å². The summed E-state index contributed by atoms with van der Waals surface area (Å²) in [6, 6.07) is 4.77. The predicted molar refractivity (Wildman–Crippen MR) is 80.3 cm³/mol. The molecule has 4 heteroatoms. The van der Waals surface area contributed by atoms with Crippen molar-refractivity contribution >= 4 is 17.2 Å². The van der Waals surface area contributed by atoms with Crippen LogP contribution in [-0.4, -0.2) is 41.9 Å². The monoisotopic (exact) mass is 280 g/mol. The Balaban J connectivity index is 1.91. The molecule has 2 heterocycles. The van der Waals surface area contributed by atoms with Crippen LogP contribution in [0.2, 0.25) is 0 Å². The third-order valence-electron chi connectivity index (χ3n) is 3.75. The first-order valence-electron chi connectivity index (χ1n) is 6.96. The van der Waals surface area contributed by atoms with Crippen LogP contribution < -0.4 is 0 Å². The molecule has 1 aliphatic heterocycles. The number of hydrogen-bond acceptors (Lipinski definition) is 3. The average Bonchev–Trinajstić information content (AvgIpc) is 2.90. The predicted octanol–water partition coefficient (Wildman–Crippen LogP) is 3.00. The zero-order chi connectivity index (χ0) is 14.0. The molecule has 1 amide bonds. The molecule has 1 atom stereocenters. The van der Waals surface area contributed by atoms with E-state index in [1.807, 2.05) is 37.0 Å². The Morgan fingerprint density at radius 1 is 1.26 bits per heavy atom. The van der Waals surface area contributed by atoms with E-state index >= 15 is 0 Å². The van der Waals surface area contributed by atoms with Crippen molar-refractivity contribution in [2.45, 2.75) is 33.7 Å². The van der Waals surface area contributed by atoms with Crippen LogP contribution in [-0.2, 0) is 4.79 Å². The third-order valence-corrected chi connectivity index (χ3v) is 4.79. The Morgan fingerprint density at radius 2 is 1.89 bits per heavy atom. The molecule has 19 heavy (non-hydrogen) atoms. The van der Waals surface area contributed by atoms with E-state index in [0.29, 0.717) is 6.04 Å². The van der Waals surface area contributed by atoms with E-state index in [9.17, 15) is 4.79 Å². The highest BCUT2D eigenvalue weighted by molar-refractivity contribution is 7.10. The van der Waals surface area contributed by atoms with Gasteiger partial charge in [-0.2, -0.15) is 0 Å². The van der Waals surface area contributed by atoms with Gasteiger partial charge in [0.15, 0.2) is 0 Å². The maximum absolute atomic E-state index is 12.2. The van der Waals surface area contributed by atoms with Gasteiger partial charge in [0.25, 0.3) is 0 Å². The molecule has 1 aromatic rings. The van der Waals surface area contributed by atoms with Crippen LogP contribution in [0.3, 0.4) is 0 Å². The van der Waals surface area contributed by atoms with Crippen molar-refractivity contribution < 1.29 is 4.79 Å². The molecular weight excluding hydrogens is 256 g/mol. The van der Waals surface area contributed by atoms with Crippen LogP contribution in [0.15, 0.2) is 17.5 Å². The van der Waals surface area contributed by atoms with E-state index in [1.54, 1.807) is 0 Å². The summed E-state index contributed by atoms with van der Waals surface area (Å²) in [5.41, 5.74) is -0.262. The van der Waals surface area contributed by atoms with Crippen LogP contribution in [0, 0.1) is 5.41 Å². The minimum Gasteiger partial charge on any atom is -0.340 e.